The molecule has 0 amide bonds. The highest BCUT2D eigenvalue weighted by Gasteiger charge is 2.35. The van der Waals surface area contributed by atoms with E-state index in [1.807, 2.05) is 0 Å². The van der Waals surface area contributed by atoms with Crippen LogP contribution in [0, 0.1) is 0 Å². The molecule has 1 saturated carbocycles. The van der Waals surface area contributed by atoms with Gasteiger partial charge in [-0.05, 0) is 36.0 Å². The molecule has 1 fully saturated rings. The summed E-state index contributed by atoms with van der Waals surface area (Å²) in [5.74, 6) is 1.20. The van der Waals surface area contributed by atoms with Crippen LogP contribution in [0.25, 0.3) is 0 Å². The van der Waals surface area contributed by atoms with Crippen molar-refractivity contribution in [1.29, 1.82) is 0 Å². The number of nitrogens with two attached hydrogens (primary N) is 1. The Kier molecular flexibility index (Phi) is 4.42. The van der Waals surface area contributed by atoms with Crippen molar-refractivity contribution in [1.82, 2.24) is 0 Å². The summed E-state index contributed by atoms with van der Waals surface area (Å²) in [6, 6.07) is 4.32. The molecule has 0 spiro atoms. The van der Waals surface area contributed by atoms with Crippen molar-refractivity contribution in [2.24, 2.45) is 5.73 Å². The number of ether oxygens (including phenoxy) is 1. The standard InChI is InChI=1S/C16H24ClNO/c1-11(2)13-8-12(9-14(17)15(13)19-3)16(10-18)6-4-5-7-16/h8-9,11H,4-7,10,18H2,1-3H3. The van der Waals surface area contributed by atoms with Crippen molar-refractivity contribution < 1.29 is 4.74 Å². The number of halogens is 1. The van der Waals surface area contributed by atoms with Gasteiger partial charge in [0.25, 0.3) is 0 Å². The molecule has 0 bridgehead atoms. The Morgan fingerprint density at radius 1 is 1.32 bits per heavy atom. The maximum absolute atomic E-state index is 6.41. The van der Waals surface area contributed by atoms with Crippen LogP contribution in [0.5, 0.6) is 5.75 Å². The van der Waals surface area contributed by atoms with Gasteiger partial charge >= 0.3 is 0 Å². The second-order valence-electron chi connectivity index (χ2n) is 5.93. The maximum atomic E-state index is 6.41. The van der Waals surface area contributed by atoms with E-state index in [2.05, 4.69) is 26.0 Å². The lowest BCUT2D eigenvalue weighted by Crippen LogP contribution is -2.32. The second-order valence-corrected chi connectivity index (χ2v) is 6.33. The molecule has 3 heteroatoms. The molecule has 0 radical (unpaired) electrons. The molecule has 2 N–H and O–H groups in total. The van der Waals surface area contributed by atoms with E-state index in [1.165, 1.54) is 36.8 Å². The third-order valence-corrected chi connectivity index (χ3v) is 4.74. The van der Waals surface area contributed by atoms with Crippen LogP contribution in [0.4, 0.5) is 0 Å². The third-order valence-electron chi connectivity index (χ3n) is 4.46. The second kappa shape index (κ2) is 5.72. The van der Waals surface area contributed by atoms with E-state index in [9.17, 15) is 0 Å². The largest absolute Gasteiger partial charge is 0.495 e. The molecule has 1 aromatic carbocycles. The Balaban J connectivity index is 2.53. The van der Waals surface area contributed by atoms with Crippen molar-refractivity contribution in [3.63, 3.8) is 0 Å². The van der Waals surface area contributed by atoms with Gasteiger partial charge in [0, 0.05) is 12.0 Å². The molecule has 1 aliphatic carbocycles. The van der Waals surface area contributed by atoms with Crippen LogP contribution >= 0.6 is 11.6 Å². The summed E-state index contributed by atoms with van der Waals surface area (Å²) in [5, 5.41) is 0.712. The van der Waals surface area contributed by atoms with Crippen LogP contribution < -0.4 is 10.5 Å². The van der Waals surface area contributed by atoms with Crippen LogP contribution in [0.1, 0.15) is 56.6 Å². The maximum Gasteiger partial charge on any atom is 0.140 e. The zero-order chi connectivity index (χ0) is 14.0. The number of hydrogen-bond donors (Lipinski definition) is 1. The first-order chi connectivity index (χ1) is 9.04. The quantitative estimate of drug-likeness (QED) is 0.896. The van der Waals surface area contributed by atoms with Crippen LogP contribution in [-0.2, 0) is 5.41 Å². The topological polar surface area (TPSA) is 35.2 Å². The van der Waals surface area contributed by atoms with E-state index in [1.54, 1.807) is 7.11 Å². The van der Waals surface area contributed by atoms with E-state index in [-0.39, 0.29) is 5.41 Å². The highest BCUT2D eigenvalue weighted by Crippen LogP contribution is 2.44. The van der Waals surface area contributed by atoms with E-state index in [0.717, 1.165) is 5.75 Å². The van der Waals surface area contributed by atoms with Crippen LogP contribution in [0.3, 0.4) is 0 Å². The fourth-order valence-electron chi connectivity index (χ4n) is 3.23. The molecule has 0 aliphatic heterocycles. The van der Waals surface area contributed by atoms with Gasteiger partial charge in [-0.15, -0.1) is 0 Å². The van der Waals surface area contributed by atoms with Crippen molar-refractivity contribution in [2.75, 3.05) is 13.7 Å². The third kappa shape index (κ3) is 2.61. The molecule has 0 heterocycles. The van der Waals surface area contributed by atoms with Crippen molar-refractivity contribution in [2.45, 2.75) is 50.9 Å². The minimum atomic E-state index is 0.125. The lowest BCUT2D eigenvalue weighted by molar-refractivity contribution is 0.405. The molecule has 2 rings (SSSR count). The first kappa shape index (κ1) is 14.7. The van der Waals surface area contributed by atoms with Gasteiger partial charge in [0.15, 0.2) is 0 Å². The summed E-state index contributed by atoms with van der Waals surface area (Å²) < 4.78 is 5.46. The highest BCUT2D eigenvalue weighted by molar-refractivity contribution is 6.32. The number of hydrogen-bond acceptors (Lipinski definition) is 2. The van der Waals surface area contributed by atoms with Crippen LogP contribution in [0.15, 0.2) is 12.1 Å². The van der Waals surface area contributed by atoms with E-state index >= 15 is 0 Å². The molecule has 2 nitrogen and oxygen atoms in total. The average molecular weight is 282 g/mol. The van der Waals surface area contributed by atoms with Gasteiger partial charge in [-0.3, -0.25) is 0 Å². The smallest absolute Gasteiger partial charge is 0.140 e. The minimum absolute atomic E-state index is 0.125. The lowest BCUT2D eigenvalue weighted by atomic mass is 9.77. The predicted octanol–water partition coefficient (Wildman–Crippen LogP) is 4.24. The normalized spacial score (nSPS) is 18.0. The predicted molar refractivity (Wildman–Crippen MR) is 81.3 cm³/mol. The average Bonchev–Trinajstić information content (AvgIpc) is 2.87. The molecular weight excluding hydrogens is 258 g/mol. The van der Waals surface area contributed by atoms with Crippen molar-refractivity contribution in [3.8, 4) is 5.75 Å². The van der Waals surface area contributed by atoms with Crippen LogP contribution in [-0.4, -0.2) is 13.7 Å². The molecule has 0 saturated heterocycles. The number of benzene rings is 1. The molecule has 1 aliphatic rings. The Morgan fingerprint density at radius 2 is 1.95 bits per heavy atom. The Morgan fingerprint density at radius 3 is 2.42 bits per heavy atom. The lowest BCUT2D eigenvalue weighted by Gasteiger charge is -2.29. The van der Waals surface area contributed by atoms with E-state index in [4.69, 9.17) is 22.1 Å². The monoisotopic (exact) mass is 281 g/mol. The van der Waals surface area contributed by atoms with Crippen molar-refractivity contribution in [3.05, 3.63) is 28.3 Å². The highest BCUT2D eigenvalue weighted by atomic mass is 35.5. The molecule has 0 unspecified atom stereocenters. The molecule has 0 atom stereocenters. The molecule has 0 aromatic heterocycles. The van der Waals surface area contributed by atoms with Gasteiger partial charge in [-0.25, -0.2) is 0 Å². The number of rotatable bonds is 4. The fraction of sp³-hybridized carbons (Fsp3) is 0.625. The Bertz CT molecular complexity index is 450. The van der Waals surface area contributed by atoms with Gasteiger partial charge in [0.05, 0.1) is 12.1 Å². The summed E-state index contributed by atoms with van der Waals surface area (Å²) >= 11 is 6.41. The van der Waals surface area contributed by atoms with Crippen LogP contribution in [0.2, 0.25) is 5.02 Å². The first-order valence-corrected chi connectivity index (χ1v) is 7.50. The summed E-state index contributed by atoms with van der Waals surface area (Å²) in [6.07, 6.45) is 4.86. The Labute approximate surface area is 121 Å². The molecule has 106 valence electrons. The summed E-state index contributed by atoms with van der Waals surface area (Å²) in [6.45, 7) is 5.04. The molecule has 19 heavy (non-hydrogen) atoms. The van der Waals surface area contributed by atoms with Gasteiger partial charge in [-0.1, -0.05) is 44.4 Å². The SMILES string of the molecule is COc1c(Cl)cc(C2(CN)CCCC2)cc1C(C)C. The number of methoxy groups -OCH3 is 1. The van der Waals surface area contributed by atoms with Crippen molar-refractivity contribution >= 4 is 11.6 Å². The minimum Gasteiger partial charge on any atom is -0.495 e. The first-order valence-electron chi connectivity index (χ1n) is 7.12. The summed E-state index contributed by atoms with van der Waals surface area (Å²) in [4.78, 5) is 0. The molecular formula is C16H24ClNO. The van der Waals surface area contributed by atoms with Gasteiger partial charge in [0.2, 0.25) is 0 Å². The zero-order valence-corrected chi connectivity index (χ0v) is 12.9. The van der Waals surface area contributed by atoms with Gasteiger partial charge in [-0.2, -0.15) is 0 Å². The van der Waals surface area contributed by atoms with E-state index < -0.39 is 0 Å². The van der Waals surface area contributed by atoms with Gasteiger partial charge < -0.3 is 10.5 Å². The zero-order valence-electron chi connectivity index (χ0n) is 12.1. The molecule has 1 aromatic rings. The van der Waals surface area contributed by atoms with E-state index in [0.29, 0.717) is 17.5 Å². The summed E-state index contributed by atoms with van der Waals surface area (Å²) in [7, 11) is 1.68. The van der Waals surface area contributed by atoms with Gasteiger partial charge in [0.1, 0.15) is 5.75 Å². The summed E-state index contributed by atoms with van der Waals surface area (Å²) in [5.41, 5.74) is 8.68. The Hall–Kier alpha value is -0.730. The fourth-order valence-corrected chi connectivity index (χ4v) is 3.53.